The number of amides is 2. The second-order valence-corrected chi connectivity index (χ2v) is 7.86. The van der Waals surface area contributed by atoms with E-state index in [1.807, 2.05) is 82.3 Å². The lowest BCUT2D eigenvalue weighted by molar-refractivity contribution is -0.129. The highest BCUT2D eigenvalue weighted by molar-refractivity contribution is 5.88. The molecule has 0 aromatic heterocycles. The molecule has 0 aliphatic heterocycles. The Morgan fingerprint density at radius 3 is 2.17 bits per heavy atom. The Bertz CT molecular complexity index is 770. The lowest BCUT2D eigenvalue weighted by Crippen LogP contribution is -2.41. The van der Waals surface area contributed by atoms with Crippen LogP contribution in [0.2, 0.25) is 0 Å². The first-order valence-electron chi connectivity index (χ1n) is 10.2. The molecule has 156 valence electrons. The van der Waals surface area contributed by atoms with Gasteiger partial charge in [-0.2, -0.15) is 0 Å². The highest BCUT2D eigenvalue weighted by atomic mass is 16.5. The third-order valence-corrected chi connectivity index (χ3v) is 4.30. The van der Waals surface area contributed by atoms with Crippen molar-refractivity contribution in [2.45, 2.75) is 52.7 Å². The zero-order valence-electron chi connectivity index (χ0n) is 17.8. The second kappa shape index (κ2) is 11.2. The van der Waals surface area contributed by atoms with E-state index >= 15 is 0 Å². The van der Waals surface area contributed by atoms with Gasteiger partial charge in [-0.3, -0.25) is 9.59 Å². The molecule has 0 saturated heterocycles. The zero-order valence-corrected chi connectivity index (χ0v) is 17.8. The molecule has 0 bridgehead atoms. The average Bonchev–Trinajstić information content (AvgIpc) is 2.67. The normalized spacial score (nSPS) is 11.9. The molecule has 2 aromatic carbocycles. The van der Waals surface area contributed by atoms with Crippen molar-refractivity contribution in [2.24, 2.45) is 5.92 Å². The third kappa shape index (κ3) is 7.98. The van der Waals surface area contributed by atoms with Crippen LogP contribution in [0.4, 0.5) is 0 Å². The van der Waals surface area contributed by atoms with Gasteiger partial charge < -0.3 is 15.4 Å². The molecule has 2 aromatic rings. The van der Waals surface area contributed by atoms with Gasteiger partial charge >= 0.3 is 0 Å². The number of ether oxygens (including phenoxy) is 1. The van der Waals surface area contributed by atoms with Gasteiger partial charge in [0.2, 0.25) is 11.8 Å². The van der Waals surface area contributed by atoms with E-state index < -0.39 is 6.04 Å². The van der Waals surface area contributed by atoms with Crippen LogP contribution < -0.4 is 15.4 Å². The van der Waals surface area contributed by atoms with Crippen LogP contribution in [0.25, 0.3) is 0 Å². The number of carbonyl (C=O) groups excluding carboxylic acids is 2. The van der Waals surface area contributed by atoms with Crippen LogP contribution in [0.3, 0.4) is 0 Å². The number of nitrogens with one attached hydrogen (secondary N) is 2. The molecule has 0 spiro atoms. The van der Waals surface area contributed by atoms with Crippen molar-refractivity contribution < 1.29 is 14.3 Å². The molecule has 1 atom stereocenters. The third-order valence-electron chi connectivity index (χ3n) is 4.30. The van der Waals surface area contributed by atoms with Crippen molar-refractivity contribution in [3.8, 4) is 5.75 Å². The van der Waals surface area contributed by atoms with Crippen molar-refractivity contribution >= 4 is 11.8 Å². The van der Waals surface area contributed by atoms with Gasteiger partial charge in [0.25, 0.3) is 0 Å². The molecule has 0 aliphatic rings. The Balaban J connectivity index is 1.94. The summed E-state index contributed by atoms with van der Waals surface area (Å²) in [6, 6.07) is 16.5. The highest BCUT2D eigenvalue weighted by Gasteiger charge is 2.22. The molecule has 5 nitrogen and oxygen atoms in total. The lowest BCUT2D eigenvalue weighted by Gasteiger charge is -2.19. The molecular formula is C24H32N2O3. The van der Waals surface area contributed by atoms with Crippen LogP contribution in [0, 0.1) is 5.92 Å². The van der Waals surface area contributed by atoms with Crippen molar-refractivity contribution in [1.29, 1.82) is 0 Å². The minimum atomic E-state index is -0.690. The molecule has 2 amide bonds. The summed E-state index contributed by atoms with van der Waals surface area (Å²) in [5.41, 5.74) is 1.89. The Hall–Kier alpha value is -2.82. The Kier molecular flexibility index (Phi) is 8.71. The Morgan fingerprint density at radius 1 is 0.931 bits per heavy atom. The molecule has 1 unspecified atom stereocenters. The maximum Gasteiger partial charge on any atom is 0.247 e. The van der Waals surface area contributed by atoms with Crippen LogP contribution in [-0.4, -0.2) is 24.5 Å². The summed E-state index contributed by atoms with van der Waals surface area (Å²) < 4.78 is 5.65. The van der Waals surface area contributed by atoms with Crippen LogP contribution in [0.15, 0.2) is 54.6 Å². The van der Waals surface area contributed by atoms with E-state index in [0.717, 1.165) is 16.9 Å². The maximum atomic E-state index is 12.8. The molecule has 0 aliphatic carbocycles. The molecule has 2 N–H and O–H groups in total. The van der Waals surface area contributed by atoms with E-state index in [9.17, 15) is 9.59 Å². The second-order valence-electron chi connectivity index (χ2n) is 7.86. The quantitative estimate of drug-likeness (QED) is 0.637. The number of rotatable bonds is 10. The molecule has 0 saturated carbocycles. The number of hydrogen-bond donors (Lipinski definition) is 2. The van der Waals surface area contributed by atoms with Crippen LogP contribution >= 0.6 is 0 Å². The van der Waals surface area contributed by atoms with Gasteiger partial charge in [-0.15, -0.1) is 0 Å². The van der Waals surface area contributed by atoms with E-state index in [1.54, 1.807) is 0 Å². The van der Waals surface area contributed by atoms with Crippen molar-refractivity contribution in [2.75, 3.05) is 6.54 Å². The van der Waals surface area contributed by atoms with Gasteiger partial charge in [0.1, 0.15) is 11.8 Å². The molecule has 5 heteroatoms. The molecule has 0 radical (unpaired) electrons. The summed E-state index contributed by atoms with van der Waals surface area (Å²) in [5, 5.41) is 5.82. The number of hydrogen-bond acceptors (Lipinski definition) is 3. The number of benzene rings is 2. The summed E-state index contributed by atoms with van der Waals surface area (Å²) in [4.78, 5) is 25.0. The summed E-state index contributed by atoms with van der Waals surface area (Å²) in [7, 11) is 0. The minimum absolute atomic E-state index is 0.121. The largest absolute Gasteiger partial charge is 0.491 e. The molecule has 2 rings (SSSR count). The Morgan fingerprint density at radius 2 is 1.59 bits per heavy atom. The number of carbonyl (C=O) groups is 2. The van der Waals surface area contributed by atoms with Crippen LogP contribution in [-0.2, 0) is 16.0 Å². The van der Waals surface area contributed by atoms with Crippen molar-refractivity contribution in [3.63, 3.8) is 0 Å². The van der Waals surface area contributed by atoms with E-state index in [1.165, 1.54) is 0 Å². The van der Waals surface area contributed by atoms with Crippen LogP contribution in [0.5, 0.6) is 5.75 Å². The maximum absolute atomic E-state index is 12.8. The van der Waals surface area contributed by atoms with Gasteiger partial charge in [0.05, 0.1) is 6.10 Å². The molecule has 0 fully saturated rings. The summed E-state index contributed by atoms with van der Waals surface area (Å²) >= 11 is 0. The first-order valence-corrected chi connectivity index (χ1v) is 10.2. The first kappa shape index (κ1) is 22.5. The smallest absolute Gasteiger partial charge is 0.247 e. The summed E-state index contributed by atoms with van der Waals surface area (Å²) in [6.07, 6.45) is 1.23. The fourth-order valence-corrected chi connectivity index (χ4v) is 2.98. The van der Waals surface area contributed by atoms with Gasteiger partial charge in [-0.05, 0) is 49.4 Å². The minimum Gasteiger partial charge on any atom is -0.491 e. The average molecular weight is 397 g/mol. The SMILES string of the molecule is CC(C)CC(=O)NC(C(=O)NCCc1ccc(OC(C)C)cc1)c1ccccc1. The van der Waals surface area contributed by atoms with Crippen molar-refractivity contribution in [3.05, 3.63) is 65.7 Å². The zero-order chi connectivity index (χ0) is 21.2. The molecule has 0 heterocycles. The fraction of sp³-hybridized carbons (Fsp3) is 0.417. The van der Waals surface area contributed by atoms with E-state index in [-0.39, 0.29) is 23.8 Å². The monoisotopic (exact) mass is 396 g/mol. The van der Waals surface area contributed by atoms with Gasteiger partial charge in [-0.25, -0.2) is 0 Å². The fourth-order valence-electron chi connectivity index (χ4n) is 2.98. The topological polar surface area (TPSA) is 67.4 Å². The summed E-state index contributed by atoms with van der Waals surface area (Å²) in [5.74, 6) is 0.750. The molecule has 29 heavy (non-hydrogen) atoms. The highest BCUT2D eigenvalue weighted by Crippen LogP contribution is 2.15. The first-order chi connectivity index (χ1) is 13.8. The Labute approximate surface area is 173 Å². The van der Waals surface area contributed by atoms with E-state index in [0.29, 0.717) is 19.4 Å². The van der Waals surface area contributed by atoms with Gasteiger partial charge in [0.15, 0.2) is 0 Å². The van der Waals surface area contributed by atoms with Crippen molar-refractivity contribution in [1.82, 2.24) is 10.6 Å². The van der Waals surface area contributed by atoms with E-state index in [2.05, 4.69) is 10.6 Å². The lowest BCUT2D eigenvalue weighted by atomic mass is 10.0. The molecular weight excluding hydrogens is 364 g/mol. The standard InChI is InChI=1S/C24H32N2O3/c1-17(2)16-22(27)26-23(20-8-6-5-7-9-20)24(28)25-15-14-19-10-12-21(13-11-19)29-18(3)4/h5-13,17-18,23H,14-16H2,1-4H3,(H,25,28)(H,26,27). The summed E-state index contributed by atoms with van der Waals surface area (Å²) in [6.45, 7) is 8.44. The van der Waals surface area contributed by atoms with Gasteiger partial charge in [-0.1, -0.05) is 56.3 Å². The van der Waals surface area contributed by atoms with Crippen LogP contribution in [0.1, 0.15) is 51.3 Å². The van der Waals surface area contributed by atoms with E-state index in [4.69, 9.17) is 4.74 Å². The predicted molar refractivity (Wildman–Crippen MR) is 116 cm³/mol. The van der Waals surface area contributed by atoms with Gasteiger partial charge in [0, 0.05) is 13.0 Å². The predicted octanol–water partition coefficient (Wildman–Crippen LogP) is 4.04.